The molecule has 2 N–H and O–H groups in total. The van der Waals surface area contributed by atoms with Crippen molar-refractivity contribution < 1.29 is 24.2 Å². The van der Waals surface area contributed by atoms with E-state index in [-0.39, 0.29) is 0 Å². The van der Waals surface area contributed by atoms with E-state index in [1.54, 1.807) is 25.3 Å². The molecule has 138 valence electrons. The zero-order valence-electron chi connectivity index (χ0n) is 15.1. The fourth-order valence-corrected chi connectivity index (χ4v) is 2.11. The summed E-state index contributed by atoms with van der Waals surface area (Å²) in [5.74, 6) is -0.286. The van der Waals surface area contributed by atoms with Crippen LogP contribution < -0.4 is 14.8 Å². The molecular formula is C19H27NO5. The smallest absolute Gasteiger partial charge is 0.325 e. The first-order valence-corrected chi connectivity index (χ1v) is 8.50. The predicted octanol–water partition coefficient (Wildman–Crippen LogP) is 3.26. The summed E-state index contributed by atoms with van der Waals surface area (Å²) in [5.41, 5.74) is 0.758. The number of amides is 1. The maximum absolute atomic E-state index is 11.7. The van der Waals surface area contributed by atoms with Gasteiger partial charge in [-0.25, -0.2) is 0 Å². The van der Waals surface area contributed by atoms with Crippen molar-refractivity contribution >= 4 is 18.0 Å². The molecule has 0 aliphatic carbocycles. The van der Waals surface area contributed by atoms with Crippen LogP contribution >= 0.6 is 0 Å². The van der Waals surface area contributed by atoms with Gasteiger partial charge in [-0.2, -0.15) is 0 Å². The van der Waals surface area contributed by atoms with E-state index in [4.69, 9.17) is 14.6 Å². The number of nitrogens with one attached hydrogen (secondary N) is 1. The molecule has 25 heavy (non-hydrogen) atoms. The minimum Gasteiger partial charge on any atom is -0.493 e. The van der Waals surface area contributed by atoms with Crippen LogP contribution in [0.25, 0.3) is 6.08 Å². The normalized spacial score (nSPS) is 12.0. The standard InChI is InChI=1S/C19H27NO5/c1-4-5-6-7-12-25-16-10-8-15(13-17(16)24-3)9-11-18(21)20-14(2)19(22)23/h8-11,13-14H,4-7,12H2,1-3H3,(H,20,21)(H,22,23)/b11-9+. The first-order valence-electron chi connectivity index (χ1n) is 8.50. The zero-order valence-corrected chi connectivity index (χ0v) is 15.1. The number of carbonyl (C=O) groups excluding carboxylic acids is 1. The third kappa shape index (κ3) is 7.74. The van der Waals surface area contributed by atoms with Crippen molar-refractivity contribution in [3.05, 3.63) is 29.8 Å². The third-order valence-corrected chi connectivity index (χ3v) is 3.60. The number of carbonyl (C=O) groups is 2. The van der Waals surface area contributed by atoms with Crippen LogP contribution in [-0.2, 0) is 9.59 Å². The van der Waals surface area contributed by atoms with Crippen LogP contribution in [0.2, 0.25) is 0 Å². The maximum atomic E-state index is 11.7. The first kappa shape index (κ1) is 20.5. The van der Waals surface area contributed by atoms with E-state index in [1.807, 2.05) is 6.07 Å². The molecule has 1 rings (SSSR count). The summed E-state index contributed by atoms with van der Waals surface area (Å²) in [5, 5.41) is 11.1. The lowest BCUT2D eigenvalue weighted by Crippen LogP contribution is -2.37. The third-order valence-electron chi connectivity index (χ3n) is 3.60. The number of ether oxygens (including phenoxy) is 2. The molecule has 0 spiro atoms. The molecule has 0 radical (unpaired) electrons. The van der Waals surface area contributed by atoms with Gasteiger partial charge >= 0.3 is 5.97 Å². The number of carboxylic acid groups (broad SMARTS) is 1. The lowest BCUT2D eigenvalue weighted by atomic mass is 10.2. The Labute approximate surface area is 148 Å². The molecule has 0 aliphatic heterocycles. The fraction of sp³-hybridized carbons (Fsp3) is 0.474. The van der Waals surface area contributed by atoms with Crippen LogP contribution in [0, 0.1) is 0 Å². The number of rotatable bonds is 11. The van der Waals surface area contributed by atoms with Crippen molar-refractivity contribution in [2.75, 3.05) is 13.7 Å². The summed E-state index contributed by atoms with van der Waals surface area (Å²) in [6.07, 6.45) is 7.41. The van der Waals surface area contributed by atoms with Gasteiger partial charge in [-0.15, -0.1) is 0 Å². The highest BCUT2D eigenvalue weighted by Gasteiger charge is 2.11. The summed E-state index contributed by atoms with van der Waals surface area (Å²) in [7, 11) is 1.56. The molecule has 0 aliphatic rings. The number of methoxy groups -OCH3 is 1. The molecule has 1 aromatic rings. The van der Waals surface area contributed by atoms with Crippen molar-refractivity contribution in [2.45, 2.75) is 45.6 Å². The predicted molar refractivity (Wildman–Crippen MR) is 96.9 cm³/mol. The molecule has 0 bridgehead atoms. The van der Waals surface area contributed by atoms with Gasteiger partial charge in [-0.3, -0.25) is 9.59 Å². The molecule has 1 aromatic carbocycles. The SMILES string of the molecule is CCCCCCOc1ccc(/C=C/C(=O)NC(C)C(=O)O)cc1OC. The molecule has 6 nitrogen and oxygen atoms in total. The number of benzene rings is 1. The van der Waals surface area contributed by atoms with Crippen LogP contribution in [0.4, 0.5) is 0 Å². The highest BCUT2D eigenvalue weighted by molar-refractivity contribution is 5.94. The highest BCUT2D eigenvalue weighted by Crippen LogP contribution is 2.28. The number of aliphatic carboxylic acids is 1. The largest absolute Gasteiger partial charge is 0.493 e. The Kier molecular flexibility index (Phi) is 9.14. The number of carboxylic acids is 1. The van der Waals surface area contributed by atoms with Crippen LogP contribution in [0.1, 0.15) is 45.1 Å². The Balaban J connectivity index is 2.62. The first-order chi connectivity index (χ1) is 12.0. The van der Waals surface area contributed by atoms with Crippen molar-refractivity contribution in [1.82, 2.24) is 5.32 Å². The summed E-state index contributed by atoms with van der Waals surface area (Å²) >= 11 is 0. The highest BCUT2D eigenvalue weighted by atomic mass is 16.5. The van der Waals surface area contributed by atoms with Gasteiger partial charge in [0.2, 0.25) is 5.91 Å². The Hall–Kier alpha value is -2.50. The van der Waals surface area contributed by atoms with Gasteiger partial charge < -0.3 is 19.9 Å². The van der Waals surface area contributed by atoms with Crippen molar-refractivity contribution in [2.24, 2.45) is 0 Å². The number of hydrogen-bond acceptors (Lipinski definition) is 4. The molecule has 1 atom stereocenters. The monoisotopic (exact) mass is 349 g/mol. The maximum Gasteiger partial charge on any atom is 0.325 e. The average Bonchev–Trinajstić information content (AvgIpc) is 2.60. The second kappa shape index (κ2) is 11.1. The van der Waals surface area contributed by atoms with Gasteiger partial charge in [-0.05, 0) is 37.1 Å². The van der Waals surface area contributed by atoms with Gasteiger partial charge in [0, 0.05) is 6.08 Å². The van der Waals surface area contributed by atoms with E-state index in [0.29, 0.717) is 18.1 Å². The molecule has 0 heterocycles. The van der Waals surface area contributed by atoms with Crippen LogP contribution in [0.15, 0.2) is 24.3 Å². The lowest BCUT2D eigenvalue weighted by Gasteiger charge is -2.11. The summed E-state index contributed by atoms with van der Waals surface area (Å²) in [6.45, 7) is 4.21. The Morgan fingerprint density at radius 2 is 2.00 bits per heavy atom. The Morgan fingerprint density at radius 1 is 1.24 bits per heavy atom. The topological polar surface area (TPSA) is 84.9 Å². The van der Waals surface area contributed by atoms with Crippen LogP contribution in [0.5, 0.6) is 11.5 Å². The Bertz CT molecular complexity index is 597. The summed E-state index contributed by atoms with van der Waals surface area (Å²) < 4.78 is 11.1. The summed E-state index contributed by atoms with van der Waals surface area (Å²) in [4.78, 5) is 22.4. The van der Waals surface area contributed by atoms with Crippen molar-refractivity contribution in [1.29, 1.82) is 0 Å². The Morgan fingerprint density at radius 3 is 2.64 bits per heavy atom. The molecule has 0 aromatic heterocycles. The van der Waals surface area contributed by atoms with Gasteiger partial charge in [0.05, 0.1) is 13.7 Å². The molecular weight excluding hydrogens is 322 g/mol. The molecule has 0 fully saturated rings. The number of hydrogen-bond donors (Lipinski definition) is 2. The minimum absolute atomic E-state index is 0.467. The molecule has 0 saturated heterocycles. The quantitative estimate of drug-likeness (QED) is 0.473. The van der Waals surface area contributed by atoms with E-state index in [2.05, 4.69) is 12.2 Å². The summed E-state index contributed by atoms with van der Waals surface area (Å²) in [6, 6.07) is 4.45. The van der Waals surface area contributed by atoms with Crippen LogP contribution in [-0.4, -0.2) is 36.7 Å². The molecule has 0 saturated carbocycles. The van der Waals surface area contributed by atoms with E-state index < -0.39 is 17.9 Å². The molecule has 1 amide bonds. The minimum atomic E-state index is -1.08. The van der Waals surface area contributed by atoms with Gasteiger partial charge in [0.25, 0.3) is 0 Å². The lowest BCUT2D eigenvalue weighted by molar-refractivity contribution is -0.140. The van der Waals surface area contributed by atoms with E-state index in [1.165, 1.54) is 25.8 Å². The van der Waals surface area contributed by atoms with Crippen molar-refractivity contribution in [3.8, 4) is 11.5 Å². The molecule has 6 heteroatoms. The van der Waals surface area contributed by atoms with Gasteiger partial charge in [0.15, 0.2) is 11.5 Å². The zero-order chi connectivity index (χ0) is 18.7. The average molecular weight is 349 g/mol. The molecule has 1 unspecified atom stereocenters. The van der Waals surface area contributed by atoms with E-state index >= 15 is 0 Å². The van der Waals surface area contributed by atoms with Crippen molar-refractivity contribution in [3.63, 3.8) is 0 Å². The van der Waals surface area contributed by atoms with Gasteiger partial charge in [0.1, 0.15) is 6.04 Å². The van der Waals surface area contributed by atoms with Gasteiger partial charge in [-0.1, -0.05) is 32.3 Å². The number of unbranched alkanes of at least 4 members (excludes halogenated alkanes) is 3. The second-order valence-electron chi connectivity index (χ2n) is 5.72. The van der Waals surface area contributed by atoms with E-state index in [0.717, 1.165) is 18.4 Å². The fourth-order valence-electron chi connectivity index (χ4n) is 2.11. The second-order valence-corrected chi connectivity index (χ2v) is 5.72. The van der Waals surface area contributed by atoms with E-state index in [9.17, 15) is 9.59 Å². The van der Waals surface area contributed by atoms with Crippen LogP contribution in [0.3, 0.4) is 0 Å².